The highest BCUT2D eigenvalue weighted by Crippen LogP contribution is 2.34. The predicted molar refractivity (Wildman–Crippen MR) is 86.7 cm³/mol. The number of sulfonamides is 1. The first kappa shape index (κ1) is 15.9. The molecule has 0 bridgehead atoms. The highest BCUT2D eigenvalue weighted by molar-refractivity contribution is 7.94. The maximum atomic E-state index is 12.4. The molecule has 114 valence electrons. The number of anilines is 1. The number of para-hydroxylation sites is 1. The van der Waals surface area contributed by atoms with Crippen molar-refractivity contribution in [3.63, 3.8) is 0 Å². The third-order valence-corrected chi connectivity index (χ3v) is 6.43. The Morgan fingerprint density at radius 3 is 2.33 bits per heavy atom. The lowest BCUT2D eigenvalue weighted by Crippen LogP contribution is -2.12. The number of aryl methyl sites for hydroxylation is 1. The summed E-state index contributed by atoms with van der Waals surface area (Å²) >= 11 is 1.25. The Kier molecular flexibility index (Phi) is 4.04. The molecular weight excluding hydrogens is 306 g/mol. The molecule has 2 rings (SSSR count). The minimum Gasteiger partial charge on any atom is -0.506 e. The van der Waals surface area contributed by atoms with Gasteiger partial charge in [0.05, 0.1) is 5.69 Å². The molecule has 0 saturated heterocycles. The Balaban J connectivity index is 2.37. The van der Waals surface area contributed by atoms with Gasteiger partial charge < -0.3 is 5.11 Å². The summed E-state index contributed by atoms with van der Waals surface area (Å²) in [7, 11) is -3.69. The summed E-state index contributed by atoms with van der Waals surface area (Å²) in [4.78, 5) is 0.997. The summed E-state index contributed by atoms with van der Waals surface area (Å²) in [5.74, 6) is -0.0776. The molecule has 0 unspecified atom stereocenters. The maximum absolute atomic E-state index is 12.4. The largest absolute Gasteiger partial charge is 0.506 e. The first-order valence-corrected chi connectivity index (χ1v) is 8.83. The van der Waals surface area contributed by atoms with Crippen LogP contribution in [0.3, 0.4) is 0 Å². The number of hydrogen-bond acceptors (Lipinski definition) is 4. The Morgan fingerprint density at radius 1 is 1.14 bits per heavy atom. The van der Waals surface area contributed by atoms with Crippen molar-refractivity contribution >= 4 is 27.0 Å². The first-order valence-electron chi connectivity index (χ1n) is 6.53. The van der Waals surface area contributed by atoms with Gasteiger partial charge in [-0.2, -0.15) is 0 Å². The van der Waals surface area contributed by atoms with Crippen molar-refractivity contribution < 1.29 is 13.5 Å². The van der Waals surface area contributed by atoms with Crippen LogP contribution in [-0.2, 0) is 15.4 Å². The van der Waals surface area contributed by atoms with Crippen LogP contribution in [-0.4, -0.2) is 13.5 Å². The Hall–Kier alpha value is -1.53. The molecule has 0 amide bonds. The van der Waals surface area contributed by atoms with E-state index in [1.54, 1.807) is 25.1 Å². The van der Waals surface area contributed by atoms with Gasteiger partial charge in [0.15, 0.2) is 0 Å². The molecule has 1 aromatic heterocycles. The molecule has 0 spiro atoms. The highest BCUT2D eigenvalue weighted by atomic mass is 32.2. The van der Waals surface area contributed by atoms with Crippen molar-refractivity contribution in [3.8, 4) is 5.75 Å². The second kappa shape index (κ2) is 5.35. The predicted octanol–water partition coefficient (Wildman–Crippen LogP) is 3.86. The Labute approximate surface area is 129 Å². The summed E-state index contributed by atoms with van der Waals surface area (Å²) < 4.78 is 27.6. The molecule has 6 heteroatoms. The van der Waals surface area contributed by atoms with Crippen molar-refractivity contribution in [3.05, 3.63) is 40.8 Å². The number of phenols is 1. The summed E-state index contributed by atoms with van der Waals surface area (Å²) in [5, 5.41) is 9.81. The van der Waals surface area contributed by atoms with Crippen molar-refractivity contribution in [2.24, 2.45) is 0 Å². The monoisotopic (exact) mass is 325 g/mol. The van der Waals surface area contributed by atoms with E-state index in [9.17, 15) is 13.5 Å². The normalized spacial score (nSPS) is 12.4. The minimum atomic E-state index is -3.69. The molecule has 0 atom stereocenters. The van der Waals surface area contributed by atoms with E-state index in [-0.39, 0.29) is 21.1 Å². The minimum absolute atomic E-state index is 0.0776. The molecule has 4 nitrogen and oxygen atoms in total. The molecule has 0 aliphatic rings. The standard InChI is InChI=1S/C15H19NO3S2/c1-10-6-5-7-11(17)14(10)16-21(18,19)13-9-8-12(20-13)15(2,3)4/h5-9,16-17H,1-4H3. The third-order valence-electron chi connectivity index (χ3n) is 3.07. The van der Waals surface area contributed by atoms with Crippen LogP contribution in [0.4, 0.5) is 5.69 Å². The maximum Gasteiger partial charge on any atom is 0.271 e. The molecule has 21 heavy (non-hydrogen) atoms. The average molecular weight is 325 g/mol. The van der Waals surface area contributed by atoms with Crippen LogP contribution in [0.5, 0.6) is 5.75 Å². The van der Waals surface area contributed by atoms with Crippen LogP contribution in [0.25, 0.3) is 0 Å². The van der Waals surface area contributed by atoms with E-state index in [2.05, 4.69) is 4.72 Å². The van der Waals surface area contributed by atoms with Gasteiger partial charge in [-0.15, -0.1) is 11.3 Å². The summed E-state index contributed by atoms with van der Waals surface area (Å²) in [6.45, 7) is 7.86. The number of thiophene rings is 1. The molecule has 2 aromatic rings. The molecular formula is C15H19NO3S2. The highest BCUT2D eigenvalue weighted by Gasteiger charge is 2.23. The fourth-order valence-corrected chi connectivity index (χ4v) is 4.35. The van der Waals surface area contributed by atoms with Gasteiger partial charge in [-0.25, -0.2) is 8.42 Å². The van der Waals surface area contributed by atoms with Gasteiger partial charge in [-0.1, -0.05) is 32.9 Å². The van der Waals surface area contributed by atoms with Crippen LogP contribution in [0.2, 0.25) is 0 Å². The molecule has 0 aliphatic carbocycles. The second-order valence-corrected chi connectivity index (χ2v) is 8.94. The number of rotatable bonds is 3. The number of benzene rings is 1. The lowest BCUT2D eigenvalue weighted by Gasteiger charge is -2.15. The third kappa shape index (κ3) is 3.39. The first-order chi connectivity index (χ1) is 9.61. The van der Waals surface area contributed by atoms with E-state index in [0.717, 1.165) is 4.88 Å². The lowest BCUT2D eigenvalue weighted by atomic mass is 9.95. The van der Waals surface area contributed by atoms with Crippen molar-refractivity contribution in [1.82, 2.24) is 0 Å². The number of nitrogens with one attached hydrogen (secondary N) is 1. The number of phenolic OH excluding ortho intramolecular Hbond substituents is 1. The van der Waals surface area contributed by atoms with Crippen LogP contribution in [0.15, 0.2) is 34.5 Å². The fraction of sp³-hybridized carbons (Fsp3) is 0.333. The van der Waals surface area contributed by atoms with E-state index in [1.165, 1.54) is 17.4 Å². The SMILES string of the molecule is Cc1cccc(O)c1NS(=O)(=O)c1ccc(C(C)(C)C)s1. The summed E-state index contributed by atoms with van der Waals surface area (Å²) in [6.07, 6.45) is 0. The lowest BCUT2D eigenvalue weighted by molar-refractivity contribution is 0.477. The molecule has 2 N–H and O–H groups in total. The number of hydrogen-bond donors (Lipinski definition) is 2. The van der Waals surface area contributed by atoms with Crippen LogP contribution >= 0.6 is 11.3 Å². The molecule has 0 aliphatic heterocycles. The molecule has 0 saturated carbocycles. The van der Waals surface area contributed by atoms with Crippen LogP contribution < -0.4 is 4.72 Å². The smallest absolute Gasteiger partial charge is 0.271 e. The zero-order chi connectivity index (χ0) is 15.8. The Morgan fingerprint density at radius 2 is 1.81 bits per heavy atom. The van der Waals surface area contributed by atoms with Gasteiger partial charge >= 0.3 is 0 Å². The van der Waals surface area contributed by atoms with Gasteiger partial charge in [0.1, 0.15) is 9.96 Å². The van der Waals surface area contributed by atoms with Gasteiger partial charge in [0.2, 0.25) is 0 Å². The number of aromatic hydroxyl groups is 1. The summed E-state index contributed by atoms with van der Waals surface area (Å²) in [5.41, 5.74) is 0.804. The van der Waals surface area contributed by atoms with Crippen molar-refractivity contribution in [2.75, 3.05) is 4.72 Å². The van der Waals surface area contributed by atoms with Crippen molar-refractivity contribution in [1.29, 1.82) is 0 Å². The van der Waals surface area contributed by atoms with Crippen LogP contribution in [0, 0.1) is 6.92 Å². The quantitative estimate of drug-likeness (QED) is 0.842. The van der Waals surface area contributed by atoms with E-state index in [4.69, 9.17) is 0 Å². The zero-order valence-electron chi connectivity index (χ0n) is 12.5. The van der Waals surface area contributed by atoms with Crippen molar-refractivity contribution in [2.45, 2.75) is 37.3 Å². The Bertz CT molecular complexity index is 735. The van der Waals surface area contributed by atoms with Gasteiger partial charge in [0.25, 0.3) is 10.0 Å². The van der Waals surface area contributed by atoms with E-state index < -0.39 is 10.0 Å². The van der Waals surface area contributed by atoms with E-state index in [1.807, 2.05) is 26.8 Å². The molecule has 1 aromatic carbocycles. The summed E-state index contributed by atoms with van der Waals surface area (Å²) in [6, 6.07) is 8.30. The van der Waals surface area contributed by atoms with Gasteiger partial charge in [-0.3, -0.25) is 4.72 Å². The molecule has 0 fully saturated rings. The van der Waals surface area contributed by atoms with E-state index >= 15 is 0 Å². The van der Waals surface area contributed by atoms with Gasteiger partial charge in [0, 0.05) is 4.88 Å². The zero-order valence-corrected chi connectivity index (χ0v) is 14.1. The van der Waals surface area contributed by atoms with Gasteiger partial charge in [-0.05, 0) is 36.1 Å². The van der Waals surface area contributed by atoms with Crippen LogP contribution in [0.1, 0.15) is 31.2 Å². The average Bonchev–Trinajstić information content (AvgIpc) is 2.84. The van der Waals surface area contributed by atoms with E-state index in [0.29, 0.717) is 5.56 Å². The molecule has 0 radical (unpaired) electrons. The fourth-order valence-electron chi connectivity index (χ4n) is 1.84. The molecule has 1 heterocycles. The topological polar surface area (TPSA) is 66.4 Å². The second-order valence-electron chi connectivity index (χ2n) is 5.94.